The van der Waals surface area contributed by atoms with Gasteiger partial charge in [0.2, 0.25) is 0 Å². The molecule has 0 aliphatic heterocycles. The monoisotopic (exact) mass is 205 g/mol. The summed E-state index contributed by atoms with van der Waals surface area (Å²) in [6, 6.07) is 0. The van der Waals surface area contributed by atoms with E-state index in [1.54, 1.807) is 0 Å². The molecule has 2 atom stereocenters. The quantitative estimate of drug-likeness (QED) is 0.662. The van der Waals surface area contributed by atoms with Crippen molar-refractivity contribution in [2.24, 2.45) is 11.7 Å². The van der Waals surface area contributed by atoms with Crippen molar-refractivity contribution in [3.8, 4) is 0 Å². The predicted octanol–water partition coefficient (Wildman–Crippen LogP) is 1.57. The highest BCUT2D eigenvalue weighted by Gasteiger charge is 2.14. The first-order chi connectivity index (χ1) is 6.10. The van der Waals surface area contributed by atoms with Crippen LogP contribution in [0, 0.1) is 5.92 Å². The van der Waals surface area contributed by atoms with Gasteiger partial charge >= 0.3 is 5.97 Å². The van der Waals surface area contributed by atoms with Crippen molar-refractivity contribution in [3.05, 3.63) is 0 Å². The number of carboxylic acids is 1. The molecule has 3 nitrogen and oxygen atoms in total. The molecule has 0 aromatic carbocycles. The second kappa shape index (κ2) is 7.21. The van der Waals surface area contributed by atoms with Gasteiger partial charge in [0, 0.05) is 11.7 Å². The van der Waals surface area contributed by atoms with Crippen LogP contribution in [-0.4, -0.2) is 28.6 Å². The molecule has 2 unspecified atom stereocenters. The fourth-order valence-electron chi connectivity index (χ4n) is 1.33. The fraction of sp³-hybridized carbons (Fsp3) is 0.889. The highest BCUT2D eigenvalue weighted by atomic mass is 32.2. The van der Waals surface area contributed by atoms with Crippen LogP contribution in [0.3, 0.4) is 0 Å². The minimum absolute atomic E-state index is 0.131. The van der Waals surface area contributed by atoms with Gasteiger partial charge in [0.1, 0.15) is 0 Å². The fourth-order valence-corrected chi connectivity index (χ4v) is 2.31. The average molecular weight is 205 g/mol. The molecule has 0 heterocycles. The van der Waals surface area contributed by atoms with Crippen LogP contribution in [-0.2, 0) is 4.79 Å². The predicted molar refractivity (Wildman–Crippen MR) is 57.0 cm³/mol. The molecule has 4 heteroatoms. The Morgan fingerprint density at radius 1 is 1.62 bits per heavy atom. The Kier molecular flexibility index (Phi) is 7.09. The number of hydrogen-bond donors (Lipinski definition) is 2. The molecule has 0 fully saturated rings. The molecular formula is C9H19NO2S. The molecule has 0 radical (unpaired) electrons. The molecule has 0 aliphatic carbocycles. The van der Waals surface area contributed by atoms with Crippen LogP contribution >= 0.6 is 11.8 Å². The molecule has 13 heavy (non-hydrogen) atoms. The van der Waals surface area contributed by atoms with Crippen LogP contribution in [0.2, 0.25) is 0 Å². The van der Waals surface area contributed by atoms with Crippen LogP contribution in [0.25, 0.3) is 0 Å². The minimum atomic E-state index is -0.746. The summed E-state index contributed by atoms with van der Waals surface area (Å²) < 4.78 is 0. The summed E-state index contributed by atoms with van der Waals surface area (Å²) in [4.78, 5) is 10.4. The summed E-state index contributed by atoms with van der Waals surface area (Å²) in [5.74, 6) is 0.460. The van der Waals surface area contributed by atoms with Gasteiger partial charge in [-0.2, -0.15) is 11.8 Å². The zero-order valence-corrected chi connectivity index (χ0v) is 9.14. The largest absolute Gasteiger partial charge is 0.481 e. The van der Waals surface area contributed by atoms with Crippen molar-refractivity contribution in [1.82, 2.24) is 0 Å². The van der Waals surface area contributed by atoms with Gasteiger partial charge in [0.25, 0.3) is 0 Å². The second-order valence-electron chi connectivity index (χ2n) is 3.20. The van der Waals surface area contributed by atoms with E-state index in [4.69, 9.17) is 10.8 Å². The van der Waals surface area contributed by atoms with Gasteiger partial charge < -0.3 is 10.8 Å². The summed E-state index contributed by atoms with van der Waals surface area (Å²) in [5, 5.41) is 9.11. The van der Waals surface area contributed by atoms with E-state index in [-0.39, 0.29) is 12.3 Å². The van der Waals surface area contributed by atoms with Crippen molar-refractivity contribution >= 4 is 17.7 Å². The number of hydrogen-bond acceptors (Lipinski definition) is 3. The van der Waals surface area contributed by atoms with Crippen molar-refractivity contribution in [1.29, 1.82) is 0 Å². The maximum atomic E-state index is 10.4. The number of rotatable bonds is 7. The van der Waals surface area contributed by atoms with Gasteiger partial charge in [0.05, 0.1) is 0 Å². The van der Waals surface area contributed by atoms with E-state index >= 15 is 0 Å². The van der Waals surface area contributed by atoms with E-state index in [0.717, 1.165) is 12.2 Å². The third kappa shape index (κ3) is 6.90. The summed E-state index contributed by atoms with van der Waals surface area (Å²) >= 11 is 1.85. The van der Waals surface area contributed by atoms with Crippen LogP contribution in [0.15, 0.2) is 0 Å². The maximum Gasteiger partial charge on any atom is 0.303 e. The lowest BCUT2D eigenvalue weighted by Crippen LogP contribution is -2.21. The highest BCUT2D eigenvalue weighted by Crippen LogP contribution is 2.20. The third-order valence-electron chi connectivity index (χ3n) is 1.91. The Hall–Kier alpha value is -0.220. The van der Waals surface area contributed by atoms with Crippen molar-refractivity contribution in [2.45, 2.75) is 31.9 Å². The van der Waals surface area contributed by atoms with E-state index in [1.165, 1.54) is 0 Å². The molecule has 0 spiro atoms. The molecular weight excluding hydrogens is 186 g/mol. The second-order valence-corrected chi connectivity index (χ2v) is 4.92. The van der Waals surface area contributed by atoms with Gasteiger partial charge in [-0.15, -0.1) is 0 Å². The summed E-state index contributed by atoms with van der Waals surface area (Å²) in [7, 11) is 0. The Morgan fingerprint density at radius 2 is 2.23 bits per heavy atom. The van der Waals surface area contributed by atoms with Crippen molar-refractivity contribution in [3.63, 3.8) is 0 Å². The van der Waals surface area contributed by atoms with Crippen LogP contribution < -0.4 is 5.73 Å². The number of carbonyl (C=O) groups is 1. The molecule has 0 rings (SSSR count). The molecule has 0 bridgehead atoms. The van der Waals surface area contributed by atoms with Crippen molar-refractivity contribution in [2.75, 3.05) is 12.3 Å². The van der Waals surface area contributed by atoms with Gasteiger partial charge in [-0.1, -0.05) is 13.8 Å². The molecule has 0 aromatic heterocycles. The maximum absolute atomic E-state index is 10.4. The smallest absolute Gasteiger partial charge is 0.303 e. The first-order valence-electron chi connectivity index (χ1n) is 4.63. The lowest BCUT2D eigenvalue weighted by Gasteiger charge is -2.16. The number of thioether (sulfide) groups is 1. The summed E-state index contributed by atoms with van der Waals surface area (Å²) in [5.41, 5.74) is 5.49. The Bertz CT molecular complexity index is 153. The van der Waals surface area contributed by atoms with Crippen LogP contribution in [0.4, 0.5) is 0 Å². The zero-order chi connectivity index (χ0) is 10.3. The first kappa shape index (κ1) is 12.8. The van der Waals surface area contributed by atoms with Crippen LogP contribution in [0.1, 0.15) is 26.7 Å². The van der Waals surface area contributed by atoms with E-state index in [2.05, 4.69) is 13.8 Å². The number of aliphatic carboxylic acids is 1. The van der Waals surface area contributed by atoms with Crippen LogP contribution in [0.5, 0.6) is 0 Å². The first-order valence-corrected chi connectivity index (χ1v) is 5.68. The highest BCUT2D eigenvalue weighted by molar-refractivity contribution is 7.99. The van der Waals surface area contributed by atoms with Gasteiger partial charge in [-0.3, -0.25) is 4.79 Å². The van der Waals surface area contributed by atoms with E-state index in [0.29, 0.717) is 11.8 Å². The Morgan fingerprint density at radius 3 is 2.62 bits per heavy atom. The number of carboxylic acid groups (broad SMARTS) is 1. The minimum Gasteiger partial charge on any atom is -0.481 e. The standard InChI is InChI=1S/C9H19NO2S/c1-3-13-7(2)4-8(6-10)5-9(11)12/h7-8H,3-6,10H2,1-2H3,(H,11,12). The molecule has 78 valence electrons. The Labute approximate surface area is 84.1 Å². The molecule has 3 N–H and O–H groups in total. The molecule has 0 saturated heterocycles. The molecule has 0 aromatic rings. The van der Waals surface area contributed by atoms with Gasteiger partial charge in [0.15, 0.2) is 0 Å². The SMILES string of the molecule is CCSC(C)CC(CN)CC(=O)O. The topological polar surface area (TPSA) is 63.3 Å². The lowest BCUT2D eigenvalue weighted by atomic mass is 10.0. The van der Waals surface area contributed by atoms with Gasteiger partial charge in [-0.25, -0.2) is 0 Å². The molecule has 0 saturated carbocycles. The van der Waals surface area contributed by atoms with E-state index < -0.39 is 5.97 Å². The zero-order valence-electron chi connectivity index (χ0n) is 8.32. The normalized spacial score (nSPS) is 15.3. The lowest BCUT2D eigenvalue weighted by molar-refractivity contribution is -0.138. The van der Waals surface area contributed by atoms with Crippen molar-refractivity contribution < 1.29 is 9.90 Å². The summed E-state index contributed by atoms with van der Waals surface area (Å²) in [6.45, 7) is 4.70. The van der Waals surface area contributed by atoms with E-state index in [1.807, 2.05) is 11.8 Å². The van der Waals surface area contributed by atoms with E-state index in [9.17, 15) is 4.79 Å². The molecule has 0 amide bonds. The van der Waals surface area contributed by atoms with Gasteiger partial charge in [-0.05, 0) is 24.6 Å². The third-order valence-corrected chi connectivity index (χ3v) is 3.01. The average Bonchev–Trinajstić information content (AvgIpc) is 2.02. The number of nitrogens with two attached hydrogens (primary N) is 1. The molecule has 0 aliphatic rings. The Balaban J connectivity index is 3.75. The summed E-state index contributed by atoms with van der Waals surface area (Å²) in [6.07, 6.45) is 1.10.